The van der Waals surface area contributed by atoms with E-state index in [-0.39, 0.29) is 12.6 Å². The number of halogens is 1. The Morgan fingerprint density at radius 2 is 1.74 bits per heavy atom. The number of anilines is 1. The Balaban J connectivity index is 1.50. The summed E-state index contributed by atoms with van der Waals surface area (Å²) in [7, 11) is 1.55. The SMILES string of the molecule is COc1ccccc1CN(CC(=O)O)C(=O)c1cnc(N2CCCC2c2ccc(Cl)cc2)nc1CCc1ccccc1C. The fourth-order valence-corrected chi connectivity index (χ4v) is 5.79. The number of aliphatic carboxylic acids is 1. The van der Waals surface area contributed by atoms with Crippen LogP contribution in [0.2, 0.25) is 5.02 Å². The number of amides is 1. The van der Waals surface area contributed by atoms with Gasteiger partial charge in [0.15, 0.2) is 0 Å². The first-order chi connectivity index (χ1) is 20.8. The van der Waals surface area contributed by atoms with Crippen molar-refractivity contribution in [3.05, 3.63) is 118 Å². The Hall–Kier alpha value is -4.43. The Bertz CT molecular complexity index is 1590. The van der Waals surface area contributed by atoms with Crippen molar-refractivity contribution in [3.63, 3.8) is 0 Å². The summed E-state index contributed by atoms with van der Waals surface area (Å²) in [6, 6.07) is 23.4. The highest BCUT2D eigenvalue weighted by molar-refractivity contribution is 6.30. The number of aryl methyl sites for hydroxylation is 3. The van der Waals surface area contributed by atoms with Crippen molar-refractivity contribution in [2.45, 2.75) is 45.2 Å². The summed E-state index contributed by atoms with van der Waals surface area (Å²) in [5.41, 5.74) is 5.07. The van der Waals surface area contributed by atoms with Crippen LogP contribution in [0.3, 0.4) is 0 Å². The third-order valence-electron chi connectivity index (χ3n) is 7.91. The highest BCUT2D eigenvalue weighted by Gasteiger charge is 2.30. The smallest absolute Gasteiger partial charge is 0.323 e. The molecule has 8 nitrogen and oxygen atoms in total. The summed E-state index contributed by atoms with van der Waals surface area (Å²) in [5, 5.41) is 10.4. The second-order valence-corrected chi connectivity index (χ2v) is 11.2. The van der Waals surface area contributed by atoms with Gasteiger partial charge in [0.05, 0.1) is 31.0 Å². The number of carboxylic acids is 1. The van der Waals surface area contributed by atoms with Gasteiger partial charge in [-0.2, -0.15) is 0 Å². The van der Waals surface area contributed by atoms with Crippen LogP contribution in [0.4, 0.5) is 5.95 Å². The second kappa shape index (κ2) is 13.7. The first-order valence-electron chi connectivity index (χ1n) is 14.4. The number of carbonyl (C=O) groups excluding carboxylic acids is 1. The molecule has 1 aromatic heterocycles. The highest BCUT2D eigenvalue weighted by atomic mass is 35.5. The first-order valence-corrected chi connectivity index (χ1v) is 14.8. The fraction of sp³-hybridized carbons (Fsp3) is 0.294. The van der Waals surface area contributed by atoms with Crippen LogP contribution < -0.4 is 9.64 Å². The molecule has 43 heavy (non-hydrogen) atoms. The zero-order chi connectivity index (χ0) is 30.3. The molecule has 0 bridgehead atoms. The number of ether oxygens (including phenoxy) is 1. The summed E-state index contributed by atoms with van der Waals surface area (Å²) in [5.74, 6) is -0.400. The van der Waals surface area contributed by atoms with Gasteiger partial charge in [0.2, 0.25) is 5.95 Å². The van der Waals surface area contributed by atoms with Gasteiger partial charge in [0, 0.05) is 23.3 Å². The molecule has 1 N–H and O–H groups in total. The number of nitrogens with zero attached hydrogens (tertiary/aromatic N) is 4. The van der Waals surface area contributed by atoms with E-state index in [0.29, 0.717) is 46.4 Å². The average molecular weight is 599 g/mol. The number of carboxylic acid groups (broad SMARTS) is 1. The Kier molecular flexibility index (Phi) is 9.57. The number of hydrogen-bond acceptors (Lipinski definition) is 6. The maximum Gasteiger partial charge on any atom is 0.323 e. The lowest BCUT2D eigenvalue weighted by Gasteiger charge is -2.27. The second-order valence-electron chi connectivity index (χ2n) is 10.7. The van der Waals surface area contributed by atoms with Crippen molar-refractivity contribution in [1.29, 1.82) is 0 Å². The van der Waals surface area contributed by atoms with Crippen LogP contribution in [0.1, 0.15) is 57.2 Å². The van der Waals surface area contributed by atoms with Crippen molar-refractivity contribution >= 4 is 29.4 Å². The van der Waals surface area contributed by atoms with E-state index in [9.17, 15) is 14.7 Å². The van der Waals surface area contributed by atoms with E-state index in [0.717, 1.165) is 36.1 Å². The van der Waals surface area contributed by atoms with E-state index in [4.69, 9.17) is 21.3 Å². The third kappa shape index (κ3) is 7.14. The van der Waals surface area contributed by atoms with E-state index in [1.807, 2.05) is 54.6 Å². The van der Waals surface area contributed by atoms with E-state index in [1.54, 1.807) is 19.4 Å². The summed E-state index contributed by atoms with van der Waals surface area (Å²) in [6.45, 7) is 2.45. The standard InChI is InChI=1S/C34H35ClN4O4/c1-23-8-3-4-9-24(23)15-18-29-28(33(42)38(22-32(40)41)21-26-10-5-6-12-31(26)43-2)20-36-34(37-29)39-19-7-11-30(39)25-13-16-27(35)17-14-25/h3-6,8-10,12-14,16-17,20,30H,7,11,15,18-19,21-22H2,1-2H3,(H,40,41). The molecule has 222 valence electrons. The third-order valence-corrected chi connectivity index (χ3v) is 8.16. The molecule has 0 aliphatic carbocycles. The summed E-state index contributed by atoms with van der Waals surface area (Å²) in [6.07, 6.45) is 4.68. The van der Waals surface area contributed by atoms with Crippen LogP contribution in [0.25, 0.3) is 0 Å². The van der Waals surface area contributed by atoms with Crippen LogP contribution in [0.15, 0.2) is 79.0 Å². The van der Waals surface area contributed by atoms with E-state index in [2.05, 4.69) is 28.9 Å². The van der Waals surface area contributed by atoms with Gasteiger partial charge in [-0.05, 0) is 67.5 Å². The molecule has 1 aliphatic rings. The van der Waals surface area contributed by atoms with Crippen molar-refractivity contribution in [2.24, 2.45) is 0 Å². The molecule has 1 unspecified atom stereocenters. The molecule has 5 rings (SSSR count). The van der Waals surface area contributed by atoms with Gasteiger partial charge in [-0.25, -0.2) is 9.97 Å². The molecule has 0 spiro atoms. The lowest BCUT2D eigenvalue weighted by atomic mass is 10.0. The van der Waals surface area contributed by atoms with Gasteiger partial charge in [0.1, 0.15) is 12.3 Å². The number of benzene rings is 3. The quantitative estimate of drug-likeness (QED) is 0.216. The molecular weight excluding hydrogens is 564 g/mol. The van der Waals surface area contributed by atoms with Crippen molar-refractivity contribution in [2.75, 3.05) is 25.1 Å². The molecule has 0 radical (unpaired) electrons. The van der Waals surface area contributed by atoms with E-state index < -0.39 is 18.4 Å². The molecule has 0 saturated carbocycles. The monoisotopic (exact) mass is 598 g/mol. The Morgan fingerprint density at radius 3 is 2.47 bits per heavy atom. The topological polar surface area (TPSA) is 95.9 Å². The molecule has 2 heterocycles. The van der Waals surface area contributed by atoms with E-state index in [1.165, 1.54) is 4.90 Å². The van der Waals surface area contributed by atoms with Gasteiger partial charge >= 0.3 is 5.97 Å². The fourth-order valence-electron chi connectivity index (χ4n) is 5.67. The minimum absolute atomic E-state index is 0.0684. The van der Waals surface area contributed by atoms with Gasteiger partial charge in [-0.1, -0.05) is 66.2 Å². The summed E-state index contributed by atoms with van der Waals surface area (Å²) >= 11 is 6.14. The van der Waals surface area contributed by atoms with Crippen LogP contribution in [-0.4, -0.2) is 52.1 Å². The van der Waals surface area contributed by atoms with Gasteiger partial charge in [-0.15, -0.1) is 0 Å². The molecular formula is C34H35ClN4O4. The van der Waals surface area contributed by atoms with Crippen LogP contribution in [0, 0.1) is 6.92 Å². The van der Waals surface area contributed by atoms with Crippen molar-refractivity contribution < 1.29 is 19.4 Å². The predicted octanol–water partition coefficient (Wildman–Crippen LogP) is 6.30. The molecule has 9 heteroatoms. The van der Waals surface area contributed by atoms with Gasteiger partial charge in [0.25, 0.3) is 5.91 Å². The molecule has 4 aromatic rings. The Labute approximate surface area is 256 Å². The highest BCUT2D eigenvalue weighted by Crippen LogP contribution is 2.35. The lowest BCUT2D eigenvalue weighted by Crippen LogP contribution is -2.36. The predicted molar refractivity (Wildman–Crippen MR) is 167 cm³/mol. The lowest BCUT2D eigenvalue weighted by molar-refractivity contribution is -0.137. The molecule has 1 atom stereocenters. The number of para-hydroxylation sites is 1. The largest absolute Gasteiger partial charge is 0.496 e. The van der Waals surface area contributed by atoms with Crippen LogP contribution >= 0.6 is 11.6 Å². The van der Waals surface area contributed by atoms with Crippen LogP contribution in [0.5, 0.6) is 5.75 Å². The average Bonchev–Trinajstić information content (AvgIpc) is 3.50. The molecule has 1 aliphatic heterocycles. The molecule has 1 amide bonds. The minimum atomic E-state index is -1.11. The molecule has 1 fully saturated rings. The number of hydrogen-bond donors (Lipinski definition) is 1. The van der Waals surface area contributed by atoms with Crippen LogP contribution in [-0.2, 0) is 24.2 Å². The zero-order valence-electron chi connectivity index (χ0n) is 24.4. The molecule has 3 aromatic carbocycles. The minimum Gasteiger partial charge on any atom is -0.496 e. The molecule has 1 saturated heterocycles. The van der Waals surface area contributed by atoms with Gasteiger partial charge in [-0.3, -0.25) is 9.59 Å². The number of rotatable bonds is 11. The normalized spacial score (nSPS) is 14.5. The van der Waals surface area contributed by atoms with Crippen molar-refractivity contribution in [3.8, 4) is 5.75 Å². The summed E-state index contributed by atoms with van der Waals surface area (Å²) in [4.78, 5) is 39.1. The zero-order valence-corrected chi connectivity index (χ0v) is 25.1. The maximum absolute atomic E-state index is 14.0. The van der Waals surface area contributed by atoms with Gasteiger partial charge < -0.3 is 19.6 Å². The number of carbonyl (C=O) groups is 2. The summed E-state index contributed by atoms with van der Waals surface area (Å²) < 4.78 is 5.46. The number of methoxy groups -OCH3 is 1. The van der Waals surface area contributed by atoms with E-state index >= 15 is 0 Å². The van der Waals surface area contributed by atoms with Crippen molar-refractivity contribution in [1.82, 2.24) is 14.9 Å². The maximum atomic E-state index is 14.0. The first kappa shape index (κ1) is 30.0. The number of aromatic nitrogens is 2. The Morgan fingerprint density at radius 1 is 1.02 bits per heavy atom.